The second kappa shape index (κ2) is 10.1. The van der Waals surface area contributed by atoms with Gasteiger partial charge < -0.3 is 24.6 Å². The lowest BCUT2D eigenvalue weighted by Crippen LogP contribution is -2.78. The number of amides is 2. The average Bonchev–Trinajstić information content (AvgIpc) is 2.65. The van der Waals surface area contributed by atoms with Gasteiger partial charge >= 0.3 is 6.09 Å². The van der Waals surface area contributed by atoms with E-state index in [1.54, 1.807) is 0 Å². The summed E-state index contributed by atoms with van der Waals surface area (Å²) < 4.78 is 11.4. The van der Waals surface area contributed by atoms with Gasteiger partial charge in [0.1, 0.15) is 11.1 Å². The van der Waals surface area contributed by atoms with E-state index in [0.29, 0.717) is 18.9 Å². The third kappa shape index (κ3) is 6.13. The summed E-state index contributed by atoms with van der Waals surface area (Å²) in [5.41, 5.74) is -2.13. The first-order valence-electron chi connectivity index (χ1n) is 11.9. The first kappa shape index (κ1) is 25.9. The van der Waals surface area contributed by atoms with E-state index < -0.39 is 22.6 Å². The summed E-state index contributed by atoms with van der Waals surface area (Å²) in [5, 5.41) is 2.98. The highest BCUT2D eigenvalue weighted by Crippen LogP contribution is 2.52. The van der Waals surface area contributed by atoms with Crippen LogP contribution in [0.5, 0.6) is 0 Å². The van der Waals surface area contributed by atoms with Gasteiger partial charge in [-0.1, -0.05) is 13.8 Å². The summed E-state index contributed by atoms with van der Waals surface area (Å²) in [4.78, 5) is 30.6. The summed E-state index contributed by atoms with van der Waals surface area (Å²) in [7, 11) is 4.21. The summed E-state index contributed by atoms with van der Waals surface area (Å²) in [6.07, 6.45) is 4.32. The largest absolute Gasteiger partial charge is 0.444 e. The Morgan fingerprint density at radius 2 is 1.77 bits per heavy atom. The first-order valence-corrected chi connectivity index (χ1v) is 11.9. The van der Waals surface area contributed by atoms with Crippen LogP contribution in [0, 0.1) is 11.3 Å². The number of ether oxygens (including phenoxy) is 2. The number of carbonyl (C=O) groups is 2. The summed E-state index contributed by atoms with van der Waals surface area (Å²) in [6.45, 7) is 14.7. The Bertz CT molecular complexity index is 621. The molecule has 1 aliphatic carbocycles. The van der Waals surface area contributed by atoms with Gasteiger partial charge in [0, 0.05) is 31.5 Å². The number of likely N-dealkylation sites (tertiary alicyclic amines) is 1. The molecule has 0 radical (unpaired) electrons. The average molecular weight is 440 g/mol. The maximum absolute atomic E-state index is 13.8. The number of hydrogen-bond donors (Lipinski definition) is 1. The molecular weight excluding hydrogens is 394 g/mol. The van der Waals surface area contributed by atoms with E-state index in [2.05, 4.69) is 24.3 Å². The van der Waals surface area contributed by atoms with E-state index >= 15 is 0 Å². The maximum atomic E-state index is 13.8. The number of rotatable bonds is 8. The van der Waals surface area contributed by atoms with Crippen LogP contribution >= 0.6 is 0 Å². The zero-order valence-electron chi connectivity index (χ0n) is 21.0. The Kier molecular flexibility index (Phi) is 8.42. The Balaban J connectivity index is 2.07. The van der Waals surface area contributed by atoms with Crippen LogP contribution in [-0.2, 0) is 14.3 Å². The Morgan fingerprint density at radius 3 is 2.26 bits per heavy atom. The van der Waals surface area contributed by atoms with Gasteiger partial charge in [0.05, 0.1) is 6.10 Å². The molecule has 2 fully saturated rings. The second-order valence-electron chi connectivity index (χ2n) is 11.1. The fourth-order valence-corrected chi connectivity index (χ4v) is 4.91. The van der Waals surface area contributed by atoms with Crippen molar-refractivity contribution in [2.45, 2.75) is 90.9 Å². The van der Waals surface area contributed by atoms with Crippen LogP contribution in [0.25, 0.3) is 0 Å². The molecule has 1 saturated heterocycles. The molecule has 180 valence electrons. The number of nitrogens with zero attached hydrogens (tertiary/aromatic N) is 2. The fraction of sp³-hybridized carbons (Fsp3) is 0.917. The molecule has 0 bridgehead atoms. The lowest BCUT2D eigenvalue weighted by molar-refractivity contribution is -0.187. The van der Waals surface area contributed by atoms with Crippen molar-refractivity contribution < 1.29 is 19.1 Å². The highest BCUT2D eigenvalue weighted by atomic mass is 16.6. The minimum Gasteiger partial charge on any atom is -0.444 e. The van der Waals surface area contributed by atoms with E-state index in [9.17, 15) is 9.59 Å². The molecular formula is C24H45N3O4. The van der Waals surface area contributed by atoms with Crippen LogP contribution in [0.2, 0.25) is 0 Å². The quantitative estimate of drug-likeness (QED) is 0.625. The molecule has 1 N–H and O–H groups in total. The first-order chi connectivity index (χ1) is 14.3. The Morgan fingerprint density at radius 1 is 1.16 bits per heavy atom. The van der Waals surface area contributed by atoms with E-state index in [1.165, 1.54) is 12.8 Å². The van der Waals surface area contributed by atoms with Crippen molar-refractivity contribution in [1.82, 2.24) is 15.1 Å². The number of nitrogens with one attached hydrogen (secondary N) is 1. The van der Waals surface area contributed by atoms with Gasteiger partial charge in [-0.3, -0.25) is 4.79 Å². The predicted molar refractivity (Wildman–Crippen MR) is 123 cm³/mol. The molecule has 0 aromatic heterocycles. The molecule has 2 rings (SSSR count). The number of alkyl carbamates (subject to hydrolysis) is 1. The van der Waals surface area contributed by atoms with E-state index in [-0.39, 0.29) is 12.0 Å². The zero-order chi connectivity index (χ0) is 23.4. The topological polar surface area (TPSA) is 71.1 Å². The third-order valence-electron chi connectivity index (χ3n) is 6.96. The van der Waals surface area contributed by atoms with Gasteiger partial charge in [0.25, 0.3) is 0 Å². The second-order valence-corrected chi connectivity index (χ2v) is 11.1. The number of piperidine rings is 1. The SMILES string of the molecule is CCO[C@@H]1C[C@](NC(=O)OC(C)(C)C)(C(=O)N2CCC(CCCN(C)C)CC2)C1(C)C. The summed E-state index contributed by atoms with van der Waals surface area (Å²) in [6, 6.07) is 0. The van der Waals surface area contributed by atoms with Crippen LogP contribution in [0.15, 0.2) is 0 Å². The van der Waals surface area contributed by atoms with E-state index in [0.717, 1.165) is 32.5 Å². The molecule has 1 saturated carbocycles. The van der Waals surface area contributed by atoms with Crippen molar-refractivity contribution in [3.63, 3.8) is 0 Å². The molecule has 2 atom stereocenters. The van der Waals surface area contributed by atoms with Crippen LogP contribution in [0.4, 0.5) is 4.79 Å². The smallest absolute Gasteiger partial charge is 0.408 e. The maximum Gasteiger partial charge on any atom is 0.408 e. The molecule has 1 aliphatic heterocycles. The van der Waals surface area contributed by atoms with Crippen molar-refractivity contribution in [1.29, 1.82) is 0 Å². The molecule has 2 aliphatic rings. The van der Waals surface area contributed by atoms with Crippen LogP contribution < -0.4 is 5.32 Å². The summed E-state index contributed by atoms with van der Waals surface area (Å²) in [5.74, 6) is 0.676. The Hall–Kier alpha value is -1.34. The minimum atomic E-state index is -0.993. The van der Waals surface area contributed by atoms with Crippen LogP contribution in [0.1, 0.15) is 73.6 Å². The molecule has 2 amide bonds. The van der Waals surface area contributed by atoms with Crippen LogP contribution in [0.3, 0.4) is 0 Å². The Labute approximate surface area is 189 Å². The molecule has 31 heavy (non-hydrogen) atoms. The number of carbonyl (C=O) groups excluding carboxylic acids is 2. The monoisotopic (exact) mass is 439 g/mol. The molecule has 0 aromatic carbocycles. The van der Waals surface area contributed by atoms with Crippen molar-refractivity contribution in [2.75, 3.05) is 40.3 Å². The van der Waals surface area contributed by atoms with Gasteiger partial charge in [0.2, 0.25) is 5.91 Å². The van der Waals surface area contributed by atoms with Gasteiger partial charge in [-0.2, -0.15) is 0 Å². The third-order valence-corrected chi connectivity index (χ3v) is 6.96. The molecule has 0 aromatic rings. The normalized spacial score (nSPS) is 26.5. The van der Waals surface area contributed by atoms with Gasteiger partial charge in [-0.15, -0.1) is 0 Å². The predicted octanol–water partition coefficient (Wildman–Crippen LogP) is 3.67. The van der Waals surface area contributed by atoms with Gasteiger partial charge in [-0.05, 0) is 79.9 Å². The number of hydrogen-bond acceptors (Lipinski definition) is 5. The van der Waals surface area contributed by atoms with Crippen LogP contribution in [-0.4, -0.2) is 79.4 Å². The zero-order valence-corrected chi connectivity index (χ0v) is 21.0. The van der Waals surface area contributed by atoms with Crippen molar-refractivity contribution in [3.8, 4) is 0 Å². The van der Waals surface area contributed by atoms with E-state index in [4.69, 9.17) is 9.47 Å². The standard InChI is InChI=1S/C24H45N3O4/c1-9-30-19-17-24(23(19,5)6,25-21(29)31-22(2,3)4)20(28)27-15-12-18(13-16-27)11-10-14-26(7)8/h18-19H,9-17H2,1-8H3,(H,25,29)/t19-,24+/m1/s1. The van der Waals surface area contributed by atoms with Gasteiger partial charge in [-0.25, -0.2) is 4.79 Å². The molecule has 7 nitrogen and oxygen atoms in total. The van der Waals surface area contributed by atoms with E-state index in [1.807, 2.05) is 46.4 Å². The molecule has 7 heteroatoms. The van der Waals surface area contributed by atoms with Gasteiger partial charge in [0.15, 0.2) is 0 Å². The van der Waals surface area contributed by atoms with Crippen molar-refractivity contribution >= 4 is 12.0 Å². The summed E-state index contributed by atoms with van der Waals surface area (Å²) >= 11 is 0. The van der Waals surface area contributed by atoms with Crippen molar-refractivity contribution in [2.24, 2.45) is 11.3 Å². The lowest BCUT2D eigenvalue weighted by Gasteiger charge is -2.60. The highest BCUT2D eigenvalue weighted by Gasteiger charge is 2.67. The minimum absolute atomic E-state index is 0.00561. The highest BCUT2D eigenvalue weighted by molar-refractivity contribution is 5.92. The van der Waals surface area contributed by atoms with Crippen molar-refractivity contribution in [3.05, 3.63) is 0 Å². The fourth-order valence-electron chi connectivity index (χ4n) is 4.91. The molecule has 1 heterocycles. The lowest BCUT2D eigenvalue weighted by atomic mass is 9.53. The molecule has 0 spiro atoms. The molecule has 0 unspecified atom stereocenters.